The Balaban J connectivity index is 2.13. The van der Waals surface area contributed by atoms with E-state index in [1.54, 1.807) is 0 Å². The van der Waals surface area contributed by atoms with Crippen LogP contribution in [0, 0.1) is 5.92 Å². The Kier molecular flexibility index (Phi) is 4.33. The summed E-state index contributed by atoms with van der Waals surface area (Å²) in [4.78, 5) is 5.28. The van der Waals surface area contributed by atoms with E-state index >= 15 is 0 Å². The summed E-state index contributed by atoms with van der Waals surface area (Å²) in [5.41, 5.74) is 3.91. The first-order valence-corrected chi connectivity index (χ1v) is 4.72. The van der Waals surface area contributed by atoms with Crippen LogP contribution in [0.5, 0.6) is 0 Å². The Bertz CT molecular complexity index is 221. The molecule has 2 nitrogen and oxygen atoms in total. The molecule has 1 N–H and O–H groups in total. The van der Waals surface area contributed by atoms with Crippen molar-refractivity contribution in [1.29, 1.82) is 0 Å². The van der Waals surface area contributed by atoms with Gasteiger partial charge in [-0.3, -0.25) is 10.3 Å². The van der Waals surface area contributed by atoms with E-state index in [1.165, 1.54) is 0 Å². The lowest BCUT2D eigenvalue weighted by molar-refractivity contribution is 0.179. The highest BCUT2D eigenvalue weighted by molar-refractivity contribution is 5.39. The second-order valence-corrected chi connectivity index (χ2v) is 3.50. The second kappa shape index (κ2) is 5.60. The average molecular weight is 179 g/mol. The van der Waals surface area contributed by atoms with Gasteiger partial charge in [0.25, 0.3) is 0 Å². The molecule has 0 aliphatic carbocycles. The van der Waals surface area contributed by atoms with Crippen LogP contribution in [0.2, 0.25) is 0 Å². The molecule has 1 aromatic rings. The maximum atomic E-state index is 5.28. The normalized spacial score (nSPS) is 10.4. The van der Waals surface area contributed by atoms with Crippen molar-refractivity contribution < 1.29 is 4.84 Å². The van der Waals surface area contributed by atoms with Crippen molar-refractivity contribution >= 4 is 5.69 Å². The summed E-state index contributed by atoms with van der Waals surface area (Å²) >= 11 is 0. The fourth-order valence-corrected chi connectivity index (χ4v) is 0.935. The molecular formula is C11H17NO. The number of para-hydroxylation sites is 1. The number of hydrogen-bond donors (Lipinski definition) is 1. The SMILES string of the molecule is CC(C)CCONc1ccccc1. The van der Waals surface area contributed by atoms with Gasteiger partial charge in [-0.25, -0.2) is 0 Å². The first kappa shape index (κ1) is 10.1. The van der Waals surface area contributed by atoms with Crippen LogP contribution in [0.3, 0.4) is 0 Å². The summed E-state index contributed by atoms with van der Waals surface area (Å²) in [7, 11) is 0. The van der Waals surface area contributed by atoms with Gasteiger partial charge >= 0.3 is 0 Å². The molecule has 0 aromatic heterocycles. The summed E-state index contributed by atoms with van der Waals surface area (Å²) in [5, 5.41) is 0. The van der Waals surface area contributed by atoms with Crippen LogP contribution in [-0.2, 0) is 4.84 Å². The Hall–Kier alpha value is -1.02. The number of anilines is 1. The second-order valence-electron chi connectivity index (χ2n) is 3.50. The van der Waals surface area contributed by atoms with Gasteiger partial charge in [0.05, 0.1) is 12.3 Å². The summed E-state index contributed by atoms with van der Waals surface area (Å²) in [6.07, 6.45) is 1.08. The maximum Gasteiger partial charge on any atom is 0.0748 e. The molecule has 0 heterocycles. The zero-order valence-electron chi connectivity index (χ0n) is 8.29. The molecule has 1 aromatic carbocycles. The first-order valence-electron chi connectivity index (χ1n) is 4.72. The zero-order chi connectivity index (χ0) is 9.52. The molecule has 0 saturated carbocycles. The van der Waals surface area contributed by atoms with Crippen LogP contribution in [0.15, 0.2) is 30.3 Å². The van der Waals surface area contributed by atoms with Crippen molar-refractivity contribution in [2.45, 2.75) is 20.3 Å². The molecule has 0 radical (unpaired) electrons. The lowest BCUT2D eigenvalue weighted by Gasteiger charge is -2.07. The van der Waals surface area contributed by atoms with Crippen LogP contribution in [-0.4, -0.2) is 6.61 Å². The molecule has 1 rings (SSSR count). The molecule has 0 spiro atoms. The van der Waals surface area contributed by atoms with Gasteiger partial charge in [0, 0.05) is 0 Å². The monoisotopic (exact) mass is 179 g/mol. The van der Waals surface area contributed by atoms with E-state index < -0.39 is 0 Å². The number of rotatable bonds is 5. The van der Waals surface area contributed by atoms with Crippen LogP contribution >= 0.6 is 0 Å². The van der Waals surface area contributed by atoms with E-state index in [0.717, 1.165) is 18.7 Å². The highest BCUT2D eigenvalue weighted by atomic mass is 16.6. The molecule has 0 atom stereocenters. The van der Waals surface area contributed by atoms with Crippen molar-refractivity contribution in [2.24, 2.45) is 5.92 Å². The minimum atomic E-state index is 0.692. The van der Waals surface area contributed by atoms with Crippen molar-refractivity contribution in [3.8, 4) is 0 Å². The zero-order valence-corrected chi connectivity index (χ0v) is 8.29. The van der Waals surface area contributed by atoms with Crippen molar-refractivity contribution in [3.63, 3.8) is 0 Å². The van der Waals surface area contributed by atoms with Crippen molar-refractivity contribution in [1.82, 2.24) is 0 Å². The van der Waals surface area contributed by atoms with Gasteiger partial charge < -0.3 is 0 Å². The van der Waals surface area contributed by atoms with E-state index in [4.69, 9.17) is 4.84 Å². The largest absolute Gasteiger partial charge is 0.276 e. The van der Waals surface area contributed by atoms with Crippen LogP contribution in [0.4, 0.5) is 5.69 Å². The minimum Gasteiger partial charge on any atom is -0.276 e. The van der Waals surface area contributed by atoms with E-state index in [9.17, 15) is 0 Å². The van der Waals surface area contributed by atoms with E-state index in [0.29, 0.717) is 5.92 Å². The third-order valence-electron chi connectivity index (χ3n) is 1.76. The van der Waals surface area contributed by atoms with Gasteiger partial charge in [0.15, 0.2) is 0 Å². The number of benzene rings is 1. The molecule has 0 amide bonds. The van der Waals surface area contributed by atoms with Gasteiger partial charge in [-0.2, -0.15) is 0 Å². The molecule has 2 heteroatoms. The van der Waals surface area contributed by atoms with Gasteiger partial charge in [-0.1, -0.05) is 32.0 Å². The first-order chi connectivity index (χ1) is 6.29. The standard InChI is InChI=1S/C11H17NO/c1-10(2)8-9-13-12-11-6-4-3-5-7-11/h3-7,10,12H,8-9H2,1-2H3. The fraction of sp³-hybridized carbons (Fsp3) is 0.455. The van der Waals surface area contributed by atoms with Gasteiger partial charge in [-0.05, 0) is 24.5 Å². The summed E-state index contributed by atoms with van der Waals surface area (Å²) in [5.74, 6) is 0.692. The molecule has 0 aliphatic rings. The average Bonchev–Trinajstić information content (AvgIpc) is 2.14. The molecule has 0 fully saturated rings. The third kappa shape index (κ3) is 4.53. The Morgan fingerprint density at radius 2 is 1.92 bits per heavy atom. The summed E-state index contributed by atoms with van der Waals surface area (Å²) in [6, 6.07) is 9.91. The van der Waals surface area contributed by atoms with Gasteiger partial charge in [0.1, 0.15) is 0 Å². The van der Waals surface area contributed by atoms with Gasteiger partial charge in [0.2, 0.25) is 0 Å². The lowest BCUT2D eigenvalue weighted by atomic mass is 10.1. The minimum absolute atomic E-state index is 0.692. The lowest BCUT2D eigenvalue weighted by Crippen LogP contribution is -2.04. The number of nitrogens with one attached hydrogen (secondary N) is 1. The topological polar surface area (TPSA) is 21.3 Å². The summed E-state index contributed by atoms with van der Waals surface area (Å²) < 4.78 is 0. The molecule has 0 aliphatic heterocycles. The molecule has 13 heavy (non-hydrogen) atoms. The quantitative estimate of drug-likeness (QED) is 0.554. The number of hydrogen-bond acceptors (Lipinski definition) is 2. The highest BCUT2D eigenvalue weighted by Crippen LogP contribution is 2.05. The van der Waals surface area contributed by atoms with Crippen molar-refractivity contribution in [3.05, 3.63) is 30.3 Å². The molecule has 0 saturated heterocycles. The Morgan fingerprint density at radius 3 is 2.54 bits per heavy atom. The van der Waals surface area contributed by atoms with Gasteiger partial charge in [-0.15, -0.1) is 0 Å². The predicted octanol–water partition coefficient (Wildman–Crippen LogP) is 3.08. The van der Waals surface area contributed by atoms with Crippen LogP contribution in [0.1, 0.15) is 20.3 Å². The van der Waals surface area contributed by atoms with Crippen LogP contribution in [0.25, 0.3) is 0 Å². The van der Waals surface area contributed by atoms with E-state index in [2.05, 4.69) is 19.3 Å². The molecule has 0 bridgehead atoms. The molecule has 72 valence electrons. The summed E-state index contributed by atoms with van der Waals surface area (Å²) in [6.45, 7) is 5.13. The van der Waals surface area contributed by atoms with Crippen LogP contribution < -0.4 is 5.48 Å². The van der Waals surface area contributed by atoms with E-state index in [-0.39, 0.29) is 0 Å². The molecular weight excluding hydrogens is 162 g/mol. The Morgan fingerprint density at radius 1 is 1.23 bits per heavy atom. The van der Waals surface area contributed by atoms with E-state index in [1.807, 2.05) is 30.3 Å². The Labute approximate surface area is 79.9 Å². The smallest absolute Gasteiger partial charge is 0.0748 e. The van der Waals surface area contributed by atoms with Crippen molar-refractivity contribution in [2.75, 3.05) is 12.1 Å². The fourth-order valence-electron chi connectivity index (χ4n) is 0.935. The third-order valence-corrected chi connectivity index (χ3v) is 1.76. The predicted molar refractivity (Wildman–Crippen MR) is 55.5 cm³/mol. The maximum absolute atomic E-state index is 5.28. The molecule has 0 unspecified atom stereocenters. The highest BCUT2D eigenvalue weighted by Gasteiger charge is 1.93.